The van der Waals surface area contributed by atoms with Crippen LogP contribution in [0.5, 0.6) is 0 Å². The summed E-state index contributed by atoms with van der Waals surface area (Å²) in [6.45, 7) is 0. The van der Waals surface area contributed by atoms with Crippen molar-refractivity contribution in [1.29, 1.82) is 0 Å². The van der Waals surface area contributed by atoms with Crippen LogP contribution >= 0.6 is 0 Å². The Morgan fingerprint density at radius 1 is 1.12 bits per heavy atom. The number of hydrogen-bond acceptors (Lipinski definition) is 3. The van der Waals surface area contributed by atoms with Crippen LogP contribution in [0.25, 0.3) is 0 Å². The van der Waals surface area contributed by atoms with E-state index in [0.717, 1.165) is 17.6 Å². The predicted molar refractivity (Wildman–Crippen MR) is 66.1 cm³/mol. The van der Waals surface area contributed by atoms with Gasteiger partial charge >= 0.3 is 7.12 Å². The molecule has 0 heterocycles. The number of rotatable bonds is 3. The minimum Gasteiger partial charge on any atom is -0.423 e. The Balaban J connectivity index is 2.12. The van der Waals surface area contributed by atoms with Crippen LogP contribution in [0.4, 0.5) is 0 Å². The largest absolute Gasteiger partial charge is 0.492 e. The smallest absolute Gasteiger partial charge is 0.423 e. The van der Waals surface area contributed by atoms with Crippen LogP contribution in [0.15, 0.2) is 53.5 Å². The number of hydrogen-bond donors (Lipinski definition) is 2. The number of carbonyl (C=O) groups excluding carboxylic acids is 1. The van der Waals surface area contributed by atoms with Gasteiger partial charge in [0.2, 0.25) is 0 Å². The average molecular weight is 228 g/mol. The zero-order valence-corrected chi connectivity index (χ0v) is 9.34. The molecule has 3 nitrogen and oxygen atoms in total. The predicted octanol–water partition coefficient (Wildman–Crippen LogP) is 1.07. The number of ketones is 1. The number of carbonyl (C=O) groups is 1. The van der Waals surface area contributed by atoms with Crippen molar-refractivity contribution in [1.82, 2.24) is 0 Å². The lowest BCUT2D eigenvalue weighted by atomic mass is 9.72. The summed E-state index contributed by atoms with van der Waals surface area (Å²) < 4.78 is 0. The molecule has 86 valence electrons. The Hall–Kier alpha value is -1.65. The molecule has 1 aromatic carbocycles. The SMILES string of the molecule is O=C1CC(Cc2ccccc2)=CC=C1B(O)O. The third-order valence-electron chi connectivity index (χ3n) is 2.76. The van der Waals surface area contributed by atoms with Gasteiger partial charge in [-0.3, -0.25) is 4.79 Å². The van der Waals surface area contributed by atoms with Gasteiger partial charge in [0, 0.05) is 11.9 Å². The van der Waals surface area contributed by atoms with Crippen LogP contribution in [0.3, 0.4) is 0 Å². The van der Waals surface area contributed by atoms with Gasteiger partial charge in [0.05, 0.1) is 0 Å². The fourth-order valence-electron chi connectivity index (χ4n) is 1.88. The lowest BCUT2D eigenvalue weighted by Gasteiger charge is -2.13. The van der Waals surface area contributed by atoms with Gasteiger partial charge < -0.3 is 10.0 Å². The molecule has 0 atom stereocenters. The molecule has 0 amide bonds. The van der Waals surface area contributed by atoms with Crippen molar-refractivity contribution in [2.24, 2.45) is 0 Å². The summed E-state index contributed by atoms with van der Waals surface area (Å²) in [7, 11) is -1.67. The molecular weight excluding hydrogens is 215 g/mol. The van der Waals surface area contributed by atoms with Crippen molar-refractivity contribution < 1.29 is 14.8 Å². The zero-order valence-electron chi connectivity index (χ0n) is 9.34. The third kappa shape index (κ3) is 2.93. The molecule has 0 aliphatic heterocycles. The fraction of sp³-hybridized carbons (Fsp3) is 0.154. The monoisotopic (exact) mass is 228 g/mol. The summed E-state index contributed by atoms with van der Waals surface area (Å²) >= 11 is 0. The van der Waals surface area contributed by atoms with Crippen molar-refractivity contribution in [2.45, 2.75) is 12.8 Å². The molecule has 0 unspecified atom stereocenters. The van der Waals surface area contributed by atoms with Gasteiger partial charge in [-0.05, 0) is 12.0 Å². The van der Waals surface area contributed by atoms with E-state index in [-0.39, 0.29) is 17.7 Å². The van der Waals surface area contributed by atoms with E-state index < -0.39 is 7.12 Å². The minimum absolute atomic E-state index is 0.0711. The number of Topliss-reactive ketones (excluding diaryl/α,β-unsaturated/α-hetero) is 1. The molecule has 0 aromatic heterocycles. The van der Waals surface area contributed by atoms with Crippen molar-refractivity contribution in [3.63, 3.8) is 0 Å². The molecule has 0 saturated carbocycles. The van der Waals surface area contributed by atoms with Gasteiger partial charge in [-0.15, -0.1) is 0 Å². The first-order chi connectivity index (χ1) is 8.16. The quantitative estimate of drug-likeness (QED) is 0.760. The Morgan fingerprint density at radius 3 is 2.41 bits per heavy atom. The van der Waals surface area contributed by atoms with Crippen LogP contribution in [-0.2, 0) is 11.2 Å². The topological polar surface area (TPSA) is 57.5 Å². The van der Waals surface area contributed by atoms with Crippen molar-refractivity contribution >= 4 is 12.9 Å². The van der Waals surface area contributed by atoms with Crippen molar-refractivity contribution in [3.8, 4) is 0 Å². The highest BCUT2D eigenvalue weighted by molar-refractivity contribution is 6.59. The Labute approximate surface area is 100 Å². The summed E-state index contributed by atoms with van der Waals surface area (Å²) in [6, 6.07) is 9.87. The molecule has 1 aromatic rings. The van der Waals surface area contributed by atoms with Gasteiger partial charge in [-0.25, -0.2) is 0 Å². The molecule has 1 aliphatic carbocycles. The van der Waals surface area contributed by atoms with E-state index in [2.05, 4.69) is 0 Å². The van der Waals surface area contributed by atoms with Crippen LogP contribution in [-0.4, -0.2) is 22.9 Å². The number of benzene rings is 1. The zero-order chi connectivity index (χ0) is 12.3. The second-order valence-electron chi connectivity index (χ2n) is 4.08. The maximum Gasteiger partial charge on any atom is 0.492 e. The second kappa shape index (κ2) is 5.12. The molecule has 0 bridgehead atoms. The molecule has 17 heavy (non-hydrogen) atoms. The molecule has 2 N–H and O–H groups in total. The maximum atomic E-state index is 11.6. The van der Waals surface area contributed by atoms with Crippen LogP contribution in [0, 0.1) is 0 Å². The molecule has 4 heteroatoms. The highest BCUT2D eigenvalue weighted by Gasteiger charge is 2.24. The van der Waals surface area contributed by atoms with Crippen LogP contribution in [0.1, 0.15) is 12.0 Å². The normalized spacial score (nSPS) is 15.3. The van der Waals surface area contributed by atoms with E-state index in [1.165, 1.54) is 6.08 Å². The van der Waals surface area contributed by atoms with Gasteiger partial charge in [0.1, 0.15) is 0 Å². The maximum absolute atomic E-state index is 11.6. The Bertz CT molecular complexity index is 475. The molecule has 2 rings (SSSR count). The first-order valence-corrected chi connectivity index (χ1v) is 5.49. The van der Waals surface area contributed by atoms with Crippen LogP contribution < -0.4 is 0 Å². The summed E-state index contributed by atoms with van der Waals surface area (Å²) in [5, 5.41) is 17.9. The standard InChI is InChI=1S/C13H13BO3/c15-13-9-11(6-7-12(13)14(16)17)8-10-4-2-1-3-5-10/h1-7,16-17H,8-9H2. The van der Waals surface area contributed by atoms with E-state index >= 15 is 0 Å². The lowest BCUT2D eigenvalue weighted by molar-refractivity contribution is -0.114. The van der Waals surface area contributed by atoms with E-state index in [9.17, 15) is 4.79 Å². The molecule has 0 radical (unpaired) electrons. The van der Waals surface area contributed by atoms with E-state index in [1.54, 1.807) is 6.08 Å². The van der Waals surface area contributed by atoms with Gasteiger partial charge in [-0.2, -0.15) is 0 Å². The second-order valence-corrected chi connectivity index (χ2v) is 4.08. The first kappa shape index (κ1) is 11.8. The minimum atomic E-state index is -1.67. The summed E-state index contributed by atoms with van der Waals surface area (Å²) in [4.78, 5) is 11.6. The molecular formula is C13H13BO3. The van der Waals surface area contributed by atoms with Gasteiger partial charge in [-0.1, -0.05) is 48.1 Å². The molecule has 0 spiro atoms. The van der Waals surface area contributed by atoms with E-state index in [1.807, 2.05) is 30.3 Å². The van der Waals surface area contributed by atoms with Gasteiger partial charge in [0.25, 0.3) is 0 Å². The van der Waals surface area contributed by atoms with Crippen molar-refractivity contribution in [2.75, 3.05) is 0 Å². The average Bonchev–Trinajstić information content (AvgIpc) is 2.30. The summed E-state index contributed by atoms with van der Waals surface area (Å²) in [5.41, 5.74) is 2.21. The highest BCUT2D eigenvalue weighted by Crippen LogP contribution is 2.19. The molecule has 1 aliphatic rings. The van der Waals surface area contributed by atoms with Gasteiger partial charge in [0.15, 0.2) is 5.78 Å². The Morgan fingerprint density at radius 2 is 1.82 bits per heavy atom. The summed E-state index contributed by atoms with van der Waals surface area (Å²) in [5.74, 6) is -0.214. The third-order valence-corrected chi connectivity index (χ3v) is 2.76. The van der Waals surface area contributed by atoms with Crippen molar-refractivity contribution in [3.05, 3.63) is 59.1 Å². The molecule has 0 saturated heterocycles. The van der Waals surface area contributed by atoms with Crippen LogP contribution in [0.2, 0.25) is 0 Å². The number of allylic oxidation sites excluding steroid dienone is 4. The highest BCUT2D eigenvalue weighted by atomic mass is 16.4. The first-order valence-electron chi connectivity index (χ1n) is 5.49. The lowest BCUT2D eigenvalue weighted by Crippen LogP contribution is -2.24. The molecule has 0 fully saturated rings. The summed E-state index contributed by atoms with van der Waals surface area (Å²) in [6.07, 6.45) is 4.27. The van der Waals surface area contributed by atoms with E-state index in [4.69, 9.17) is 10.0 Å². The Kier molecular flexibility index (Phi) is 3.56. The van der Waals surface area contributed by atoms with E-state index in [0.29, 0.717) is 0 Å². The fourth-order valence-corrected chi connectivity index (χ4v) is 1.88.